The van der Waals surface area contributed by atoms with Crippen molar-refractivity contribution in [1.29, 1.82) is 0 Å². The minimum atomic E-state index is -0.177. The highest BCUT2D eigenvalue weighted by Gasteiger charge is 2.28. The van der Waals surface area contributed by atoms with Crippen molar-refractivity contribution in [2.75, 3.05) is 44.6 Å². The number of piperidine rings is 1. The second-order valence-corrected chi connectivity index (χ2v) is 5.92. The number of nitrogens with zero attached hydrogens (tertiary/aromatic N) is 2. The average Bonchev–Trinajstić information content (AvgIpc) is 2.49. The maximum atomic E-state index is 12.8. The number of benzene rings is 1. The molecule has 1 atom stereocenters. The van der Waals surface area contributed by atoms with Gasteiger partial charge in [-0.3, -0.25) is 9.80 Å². The summed E-state index contributed by atoms with van der Waals surface area (Å²) in [6.07, 6.45) is 4.13. The second kappa shape index (κ2) is 6.55. The molecule has 1 aromatic carbocycles. The van der Waals surface area contributed by atoms with Gasteiger partial charge >= 0.3 is 0 Å². The number of hydrogen-bond acceptors (Lipinski definition) is 3. The van der Waals surface area contributed by atoms with Gasteiger partial charge in [0, 0.05) is 44.5 Å². The molecule has 0 amide bonds. The Morgan fingerprint density at radius 3 is 2.80 bits per heavy atom. The van der Waals surface area contributed by atoms with Crippen molar-refractivity contribution in [3.05, 3.63) is 30.1 Å². The molecule has 0 spiro atoms. The van der Waals surface area contributed by atoms with Crippen molar-refractivity contribution in [3.8, 4) is 0 Å². The molecule has 0 aliphatic carbocycles. The zero-order valence-corrected chi connectivity index (χ0v) is 12.0. The topological polar surface area (TPSA) is 18.5 Å². The third-order valence-electron chi connectivity index (χ3n) is 4.52. The van der Waals surface area contributed by atoms with Crippen molar-refractivity contribution in [1.82, 2.24) is 9.80 Å². The van der Waals surface area contributed by atoms with Gasteiger partial charge in [-0.05, 0) is 43.7 Å². The maximum Gasteiger partial charge on any atom is 0.123 e. The van der Waals surface area contributed by atoms with Gasteiger partial charge in [0.15, 0.2) is 0 Å². The molecule has 2 aliphatic heterocycles. The minimum Gasteiger partial charge on any atom is -0.384 e. The van der Waals surface area contributed by atoms with E-state index in [1.165, 1.54) is 57.6 Å². The molecule has 1 N–H and O–H groups in total. The summed E-state index contributed by atoms with van der Waals surface area (Å²) in [7, 11) is 0. The summed E-state index contributed by atoms with van der Waals surface area (Å²) in [5.41, 5.74) is 1.00. The Bertz CT molecular complexity index is 420. The number of rotatable bonds is 4. The van der Waals surface area contributed by atoms with Crippen LogP contribution in [0.3, 0.4) is 0 Å². The predicted molar refractivity (Wildman–Crippen MR) is 80.5 cm³/mol. The summed E-state index contributed by atoms with van der Waals surface area (Å²) in [5.74, 6) is -0.177. The zero-order valence-electron chi connectivity index (χ0n) is 12.0. The van der Waals surface area contributed by atoms with Crippen molar-refractivity contribution in [2.45, 2.75) is 25.3 Å². The largest absolute Gasteiger partial charge is 0.384 e. The maximum absolute atomic E-state index is 12.8. The Morgan fingerprint density at radius 2 is 1.95 bits per heavy atom. The van der Waals surface area contributed by atoms with Gasteiger partial charge in [-0.15, -0.1) is 0 Å². The highest BCUT2D eigenvalue weighted by molar-refractivity contribution is 5.42. The molecule has 0 saturated carbocycles. The predicted octanol–water partition coefficient (Wildman–Crippen LogP) is 2.41. The fraction of sp³-hybridized carbons (Fsp3) is 0.625. The van der Waals surface area contributed by atoms with E-state index in [0.717, 1.165) is 24.8 Å². The summed E-state index contributed by atoms with van der Waals surface area (Å²) in [6, 6.07) is 7.39. The van der Waals surface area contributed by atoms with Crippen LogP contribution in [0.4, 0.5) is 10.1 Å². The normalized spacial score (nSPS) is 24.4. The van der Waals surface area contributed by atoms with Crippen molar-refractivity contribution in [3.63, 3.8) is 0 Å². The van der Waals surface area contributed by atoms with Crippen LogP contribution in [0.25, 0.3) is 0 Å². The molecular weight excluding hydrogens is 253 g/mol. The first kappa shape index (κ1) is 13.8. The van der Waals surface area contributed by atoms with E-state index in [0.29, 0.717) is 0 Å². The van der Waals surface area contributed by atoms with Crippen LogP contribution in [-0.4, -0.2) is 55.1 Å². The smallest absolute Gasteiger partial charge is 0.123 e. The summed E-state index contributed by atoms with van der Waals surface area (Å²) in [6.45, 7) is 6.92. The number of hydrogen-bond donors (Lipinski definition) is 1. The molecule has 3 nitrogen and oxygen atoms in total. The number of fused-ring (bicyclic) bond motifs is 1. The Morgan fingerprint density at radius 1 is 1.10 bits per heavy atom. The average molecular weight is 277 g/mol. The summed E-state index contributed by atoms with van der Waals surface area (Å²) in [5, 5.41) is 3.37. The summed E-state index contributed by atoms with van der Waals surface area (Å²) in [4.78, 5) is 5.22. The third-order valence-corrected chi connectivity index (χ3v) is 4.52. The van der Waals surface area contributed by atoms with E-state index in [9.17, 15) is 4.39 Å². The fourth-order valence-electron chi connectivity index (χ4n) is 3.35. The van der Waals surface area contributed by atoms with E-state index in [-0.39, 0.29) is 5.82 Å². The van der Waals surface area contributed by atoms with Gasteiger partial charge in [0.25, 0.3) is 0 Å². The van der Waals surface area contributed by atoms with E-state index >= 15 is 0 Å². The van der Waals surface area contributed by atoms with Crippen LogP contribution < -0.4 is 5.32 Å². The molecule has 110 valence electrons. The fourth-order valence-corrected chi connectivity index (χ4v) is 3.35. The van der Waals surface area contributed by atoms with Crippen LogP contribution in [0, 0.1) is 5.82 Å². The highest BCUT2D eigenvalue weighted by atomic mass is 19.1. The first-order chi connectivity index (χ1) is 9.81. The molecule has 2 aliphatic rings. The van der Waals surface area contributed by atoms with Crippen molar-refractivity contribution in [2.24, 2.45) is 0 Å². The SMILES string of the molecule is Fc1ccc(NCCN2CCN3CCCCC3C2)cc1. The first-order valence-electron chi connectivity index (χ1n) is 7.77. The van der Waals surface area contributed by atoms with E-state index in [4.69, 9.17) is 0 Å². The van der Waals surface area contributed by atoms with Gasteiger partial charge in [0.05, 0.1) is 0 Å². The second-order valence-electron chi connectivity index (χ2n) is 5.92. The van der Waals surface area contributed by atoms with Crippen LogP contribution in [0.2, 0.25) is 0 Å². The lowest BCUT2D eigenvalue weighted by atomic mass is 9.99. The molecule has 2 heterocycles. The third kappa shape index (κ3) is 3.49. The lowest BCUT2D eigenvalue weighted by Gasteiger charge is -2.44. The standard InChI is InChI=1S/C16H24FN3/c17-14-4-6-15(7-5-14)18-8-10-19-11-12-20-9-2-1-3-16(20)13-19/h4-7,16,18H,1-3,8-13H2. The van der Waals surface area contributed by atoms with Crippen LogP contribution in [0.15, 0.2) is 24.3 Å². The Kier molecular flexibility index (Phi) is 4.53. The van der Waals surface area contributed by atoms with Crippen LogP contribution in [0.5, 0.6) is 0 Å². The van der Waals surface area contributed by atoms with Gasteiger partial charge in [-0.25, -0.2) is 4.39 Å². The Hall–Kier alpha value is -1.13. The van der Waals surface area contributed by atoms with Gasteiger partial charge < -0.3 is 5.32 Å². The number of anilines is 1. The van der Waals surface area contributed by atoms with Gasteiger partial charge in [-0.2, -0.15) is 0 Å². The van der Waals surface area contributed by atoms with E-state index < -0.39 is 0 Å². The van der Waals surface area contributed by atoms with Crippen LogP contribution >= 0.6 is 0 Å². The molecule has 20 heavy (non-hydrogen) atoms. The highest BCUT2D eigenvalue weighted by Crippen LogP contribution is 2.20. The van der Waals surface area contributed by atoms with Crippen molar-refractivity contribution < 1.29 is 4.39 Å². The molecule has 2 saturated heterocycles. The molecule has 3 rings (SSSR count). The number of nitrogens with one attached hydrogen (secondary N) is 1. The number of piperazine rings is 1. The molecule has 2 fully saturated rings. The monoisotopic (exact) mass is 277 g/mol. The van der Waals surface area contributed by atoms with Crippen molar-refractivity contribution >= 4 is 5.69 Å². The quantitative estimate of drug-likeness (QED) is 0.912. The molecule has 4 heteroatoms. The summed E-state index contributed by atoms with van der Waals surface area (Å²) >= 11 is 0. The zero-order chi connectivity index (χ0) is 13.8. The molecule has 0 radical (unpaired) electrons. The van der Waals surface area contributed by atoms with Crippen LogP contribution in [-0.2, 0) is 0 Å². The minimum absolute atomic E-state index is 0.177. The lowest BCUT2D eigenvalue weighted by Crippen LogP contribution is -2.55. The summed E-state index contributed by atoms with van der Waals surface area (Å²) < 4.78 is 12.8. The molecular formula is C16H24FN3. The molecule has 0 aromatic heterocycles. The van der Waals surface area contributed by atoms with E-state index in [1.54, 1.807) is 12.1 Å². The Labute approximate surface area is 120 Å². The van der Waals surface area contributed by atoms with Gasteiger partial charge in [-0.1, -0.05) is 6.42 Å². The molecule has 0 bridgehead atoms. The molecule has 1 aromatic rings. The Balaban J connectivity index is 1.41. The van der Waals surface area contributed by atoms with Gasteiger partial charge in [0.1, 0.15) is 5.82 Å². The lowest BCUT2D eigenvalue weighted by molar-refractivity contribution is 0.0515. The van der Waals surface area contributed by atoms with E-state index in [2.05, 4.69) is 15.1 Å². The van der Waals surface area contributed by atoms with Crippen LogP contribution in [0.1, 0.15) is 19.3 Å². The van der Waals surface area contributed by atoms with E-state index in [1.807, 2.05) is 0 Å². The molecule has 1 unspecified atom stereocenters. The van der Waals surface area contributed by atoms with Gasteiger partial charge in [0.2, 0.25) is 0 Å². The first-order valence-corrected chi connectivity index (χ1v) is 7.77. The number of halogens is 1.